The van der Waals surface area contributed by atoms with Crippen molar-refractivity contribution in [2.45, 2.75) is 71.5 Å². The van der Waals surface area contributed by atoms with Crippen LogP contribution in [0.25, 0.3) is 0 Å². The van der Waals surface area contributed by atoms with Gasteiger partial charge in [0.1, 0.15) is 11.8 Å². The third-order valence-electron chi connectivity index (χ3n) is 6.04. The lowest BCUT2D eigenvalue weighted by Gasteiger charge is -2.31. The molecule has 1 atom stereocenters. The number of nitrogens with one attached hydrogen (secondary N) is 1. The number of carbonyl (C=O) groups excluding carboxylic acids is 2. The topological polar surface area (TPSA) is 58.6 Å². The standard InChI is InChI=1S/C26H33ClN2O3/c1-18-12-13-24(19(2)14-18)32-17-25(30)29(16-21-8-7-9-22(27)15-21)20(3)26(31)28-23-10-5-4-6-11-23/h7-9,12-15,20,23H,4-6,10-11,16-17H2,1-3H3,(H,28,31)/t20-/m0/s1. The van der Waals surface area contributed by atoms with Crippen LogP contribution in [0.5, 0.6) is 5.75 Å². The van der Waals surface area contributed by atoms with Crippen molar-refractivity contribution in [1.82, 2.24) is 10.2 Å². The van der Waals surface area contributed by atoms with Crippen LogP contribution in [0.15, 0.2) is 42.5 Å². The highest BCUT2D eigenvalue weighted by molar-refractivity contribution is 6.30. The quantitative estimate of drug-likeness (QED) is 0.593. The van der Waals surface area contributed by atoms with Gasteiger partial charge in [0.15, 0.2) is 6.61 Å². The molecule has 5 nitrogen and oxygen atoms in total. The summed E-state index contributed by atoms with van der Waals surface area (Å²) in [6.07, 6.45) is 5.48. The summed E-state index contributed by atoms with van der Waals surface area (Å²) in [5, 5.41) is 3.74. The summed E-state index contributed by atoms with van der Waals surface area (Å²) < 4.78 is 5.83. The first-order chi connectivity index (χ1) is 15.3. The molecule has 0 aromatic heterocycles. The van der Waals surface area contributed by atoms with E-state index >= 15 is 0 Å². The van der Waals surface area contributed by atoms with Crippen molar-refractivity contribution in [1.29, 1.82) is 0 Å². The molecule has 1 saturated carbocycles. The molecule has 172 valence electrons. The lowest BCUT2D eigenvalue weighted by Crippen LogP contribution is -2.51. The van der Waals surface area contributed by atoms with Gasteiger partial charge in [0, 0.05) is 17.6 Å². The van der Waals surface area contributed by atoms with E-state index in [1.807, 2.05) is 50.2 Å². The van der Waals surface area contributed by atoms with Crippen molar-refractivity contribution in [2.75, 3.05) is 6.61 Å². The van der Waals surface area contributed by atoms with Crippen LogP contribution in [-0.2, 0) is 16.1 Å². The van der Waals surface area contributed by atoms with E-state index in [1.165, 1.54) is 6.42 Å². The van der Waals surface area contributed by atoms with Crippen molar-refractivity contribution < 1.29 is 14.3 Å². The second-order valence-electron chi connectivity index (χ2n) is 8.73. The minimum atomic E-state index is -0.619. The van der Waals surface area contributed by atoms with Crippen LogP contribution in [0.1, 0.15) is 55.7 Å². The van der Waals surface area contributed by atoms with Crippen LogP contribution in [-0.4, -0.2) is 35.4 Å². The first kappa shape index (κ1) is 24.1. The molecule has 6 heteroatoms. The third kappa shape index (κ3) is 6.73. The zero-order valence-electron chi connectivity index (χ0n) is 19.2. The van der Waals surface area contributed by atoms with Gasteiger partial charge in [-0.15, -0.1) is 0 Å². The van der Waals surface area contributed by atoms with E-state index in [4.69, 9.17) is 16.3 Å². The number of rotatable bonds is 8. The van der Waals surface area contributed by atoms with Crippen molar-refractivity contribution in [3.63, 3.8) is 0 Å². The van der Waals surface area contributed by atoms with Gasteiger partial charge in [-0.25, -0.2) is 0 Å². The van der Waals surface area contributed by atoms with Crippen LogP contribution in [0.3, 0.4) is 0 Å². The van der Waals surface area contributed by atoms with Gasteiger partial charge < -0.3 is 15.0 Å². The van der Waals surface area contributed by atoms with Gasteiger partial charge in [-0.2, -0.15) is 0 Å². The average molecular weight is 457 g/mol. The van der Waals surface area contributed by atoms with E-state index in [1.54, 1.807) is 17.9 Å². The number of nitrogens with zero attached hydrogens (tertiary/aromatic N) is 1. The molecular weight excluding hydrogens is 424 g/mol. The van der Waals surface area contributed by atoms with Crippen molar-refractivity contribution in [3.8, 4) is 5.75 Å². The molecule has 0 unspecified atom stereocenters. The summed E-state index contributed by atoms with van der Waals surface area (Å²) in [5.74, 6) is 0.306. The Morgan fingerprint density at radius 1 is 1.12 bits per heavy atom. The zero-order chi connectivity index (χ0) is 23.1. The summed E-state index contributed by atoms with van der Waals surface area (Å²) in [6.45, 7) is 5.90. The van der Waals surface area contributed by atoms with Gasteiger partial charge in [-0.1, -0.05) is 60.7 Å². The van der Waals surface area contributed by atoms with Crippen LogP contribution < -0.4 is 10.1 Å². The van der Waals surface area contributed by atoms with Gasteiger partial charge in [-0.05, 0) is 62.9 Å². The number of halogens is 1. The molecule has 2 aromatic carbocycles. The molecule has 0 heterocycles. The molecule has 32 heavy (non-hydrogen) atoms. The minimum absolute atomic E-state index is 0.126. The highest BCUT2D eigenvalue weighted by atomic mass is 35.5. The molecule has 0 aliphatic heterocycles. The number of ether oxygens (including phenoxy) is 1. The van der Waals surface area contributed by atoms with E-state index in [0.29, 0.717) is 10.8 Å². The fourth-order valence-corrected chi connectivity index (χ4v) is 4.38. The van der Waals surface area contributed by atoms with Crippen LogP contribution in [0.4, 0.5) is 0 Å². The minimum Gasteiger partial charge on any atom is -0.483 e. The molecule has 1 aliphatic rings. The zero-order valence-corrected chi connectivity index (χ0v) is 20.0. The fourth-order valence-electron chi connectivity index (χ4n) is 4.17. The number of hydrogen-bond donors (Lipinski definition) is 1. The van der Waals surface area contributed by atoms with E-state index in [-0.39, 0.29) is 31.0 Å². The van der Waals surface area contributed by atoms with Crippen LogP contribution in [0.2, 0.25) is 5.02 Å². The number of carbonyl (C=O) groups is 2. The maximum atomic E-state index is 13.2. The largest absolute Gasteiger partial charge is 0.483 e. The fraction of sp³-hybridized carbons (Fsp3) is 0.462. The number of aryl methyl sites for hydroxylation is 2. The Kier molecular flexibility index (Phi) is 8.57. The van der Waals surface area contributed by atoms with Crippen molar-refractivity contribution in [3.05, 3.63) is 64.2 Å². The van der Waals surface area contributed by atoms with Gasteiger partial charge in [0.2, 0.25) is 5.91 Å². The summed E-state index contributed by atoms with van der Waals surface area (Å²) in [4.78, 5) is 27.8. The normalized spacial score (nSPS) is 15.1. The van der Waals surface area contributed by atoms with Gasteiger partial charge in [-0.3, -0.25) is 9.59 Å². The van der Waals surface area contributed by atoms with Gasteiger partial charge >= 0.3 is 0 Å². The summed E-state index contributed by atoms with van der Waals surface area (Å²) in [7, 11) is 0. The predicted molar refractivity (Wildman–Crippen MR) is 128 cm³/mol. The first-order valence-corrected chi connectivity index (χ1v) is 11.8. The van der Waals surface area contributed by atoms with Crippen LogP contribution in [0, 0.1) is 13.8 Å². The summed E-state index contributed by atoms with van der Waals surface area (Å²) >= 11 is 6.14. The average Bonchev–Trinajstić information content (AvgIpc) is 2.77. The molecule has 0 saturated heterocycles. The highest BCUT2D eigenvalue weighted by Gasteiger charge is 2.28. The Balaban J connectivity index is 1.72. The Morgan fingerprint density at radius 3 is 2.56 bits per heavy atom. The molecule has 2 amide bonds. The summed E-state index contributed by atoms with van der Waals surface area (Å²) in [6, 6.07) is 12.8. The molecule has 2 aromatic rings. The first-order valence-electron chi connectivity index (χ1n) is 11.4. The maximum absolute atomic E-state index is 13.2. The lowest BCUT2D eigenvalue weighted by atomic mass is 9.95. The molecule has 0 bridgehead atoms. The number of amides is 2. The monoisotopic (exact) mass is 456 g/mol. The molecule has 1 aliphatic carbocycles. The SMILES string of the molecule is Cc1ccc(OCC(=O)N(Cc2cccc(Cl)c2)[C@@H](C)C(=O)NC2CCCCC2)c(C)c1. The molecule has 1 fully saturated rings. The van der Waals surface area contributed by atoms with E-state index in [0.717, 1.165) is 42.4 Å². The van der Waals surface area contributed by atoms with Crippen molar-refractivity contribution >= 4 is 23.4 Å². The van der Waals surface area contributed by atoms with E-state index < -0.39 is 6.04 Å². The number of benzene rings is 2. The van der Waals surface area contributed by atoms with E-state index in [2.05, 4.69) is 5.32 Å². The molecule has 0 spiro atoms. The molecule has 0 radical (unpaired) electrons. The van der Waals surface area contributed by atoms with Crippen LogP contribution >= 0.6 is 11.6 Å². The Morgan fingerprint density at radius 2 is 1.88 bits per heavy atom. The summed E-state index contributed by atoms with van der Waals surface area (Å²) in [5.41, 5.74) is 2.98. The predicted octanol–water partition coefficient (Wildman–Crippen LogP) is 5.20. The van der Waals surface area contributed by atoms with Gasteiger partial charge in [0.25, 0.3) is 5.91 Å². The Bertz CT molecular complexity index is 940. The van der Waals surface area contributed by atoms with E-state index in [9.17, 15) is 9.59 Å². The maximum Gasteiger partial charge on any atom is 0.261 e. The molecule has 3 rings (SSSR count). The molecular formula is C26H33ClN2O3. The second kappa shape index (κ2) is 11.4. The number of hydrogen-bond acceptors (Lipinski definition) is 3. The van der Waals surface area contributed by atoms with Crippen molar-refractivity contribution in [2.24, 2.45) is 0 Å². The Hall–Kier alpha value is -2.53. The van der Waals surface area contributed by atoms with Gasteiger partial charge in [0.05, 0.1) is 0 Å². The third-order valence-corrected chi connectivity index (χ3v) is 6.28. The molecule has 1 N–H and O–H groups in total. The second-order valence-corrected chi connectivity index (χ2v) is 9.17. The highest BCUT2D eigenvalue weighted by Crippen LogP contribution is 2.21. The Labute approximate surface area is 196 Å². The lowest BCUT2D eigenvalue weighted by molar-refractivity contribution is -0.142. The smallest absolute Gasteiger partial charge is 0.261 e.